The van der Waals surface area contributed by atoms with Crippen LogP contribution < -0.4 is 20.3 Å². The van der Waals surface area contributed by atoms with Gasteiger partial charge in [0.1, 0.15) is 5.75 Å². The smallest absolute Gasteiger partial charge is 0.324 e. The van der Waals surface area contributed by atoms with E-state index in [1.807, 2.05) is 13.0 Å². The number of benzene rings is 1. The minimum Gasteiger partial charge on any atom is -0.495 e. The van der Waals surface area contributed by atoms with Crippen molar-refractivity contribution in [3.05, 3.63) is 24.3 Å². The number of carbonyl (C=O) groups excluding carboxylic acids is 3. The molecule has 1 atom stereocenters. The van der Waals surface area contributed by atoms with E-state index in [-0.39, 0.29) is 30.9 Å². The zero-order valence-electron chi connectivity index (χ0n) is 13.9. The van der Waals surface area contributed by atoms with Crippen molar-refractivity contribution in [1.82, 2.24) is 10.2 Å². The molecule has 130 valence electrons. The van der Waals surface area contributed by atoms with E-state index in [0.717, 1.165) is 4.90 Å². The molecule has 4 amide bonds. The van der Waals surface area contributed by atoms with E-state index in [1.165, 1.54) is 12.0 Å². The van der Waals surface area contributed by atoms with Crippen LogP contribution in [0.5, 0.6) is 5.75 Å². The highest BCUT2D eigenvalue weighted by Gasteiger charge is 2.29. The van der Waals surface area contributed by atoms with Crippen molar-refractivity contribution >= 4 is 23.5 Å². The van der Waals surface area contributed by atoms with Gasteiger partial charge < -0.3 is 20.3 Å². The number of amides is 4. The standard InChI is InChI=1S/C16H22N4O4/c1-3-19(11-15(22)20-9-8-17-16(20)23)10-14(21)18-12-6-4-5-7-13(12)24-2/h4-7H,3,8-11H2,1-2H3,(H,17,23)(H,18,21)/p+1. The summed E-state index contributed by atoms with van der Waals surface area (Å²) in [6, 6.07) is 6.77. The lowest BCUT2D eigenvalue weighted by molar-refractivity contribution is -0.881. The topological polar surface area (TPSA) is 92.2 Å². The molecule has 0 aromatic heterocycles. The Morgan fingerprint density at radius 2 is 2.08 bits per heavy atom. The number of hydrogen-bond donors (Lipinski definition) is 3. The summed E-state index contributed by atoms with van der Waals surface area (Å²) in [4.78, 5) is 37.9. The lowest BCUT2D eigenvalue weighted by Gasteiger charge is -2.19. The van der Waals surface area contributed by atoms with Gasteiger partial charge >= 0.3 is 6.03 Å². The van der Waals surface area contributed by atoms with Gasteiger partial charge in [-0.25, -0.2) is 4.79 Å². The predicted molar refractivity (Wildman–Crippen MR) is 88.0 cm³/mol. The average molecular weight is 335 g/mol. The summed E-state index contributed by atoms with van der Waals surface area (Å²) >= 11 is 0. The molecule has 1 saturated heterocycles. The zero-order valence-corrected chi connectivity index (χ0v) is 13.9. The molecule has 1 aliphatic rings. The van der Waals surface area contributed by atoms with Gasteiger partial charge in [-0.3, -0.25) is 14.5 Å². The number of quaternary nitrogens is 1. The third-order valence-electron chi connectivity index (χ3n) is 3.85. The van der Waals surface area contributed by atoms with Gasteiger partial charge in [0.15, 0.2) is 13.1 Å². The monoisotopic (exact) mass is 335 g/mol. The molecule has 1 aromatic rings. The summed E-state index contributed by atoms with van der Waals surface area (Å²) in [5.41, 5.74) is 0.589. The van der Waals surface area contributed by atoms with Gasteiger partial charge in [-0.1, -0.05) is 12.1 Å². The summed E-state index contributed by atoms with van der Waals surface area (Å²) in [5, 5.41) is 5.38. The van der Waals surface area contributed by atoms with Crippen LogP contribution in [0.3, 0.4) is 0 Å². The number of hydrogen-bond acceptors (Lipinski definition) is 4. The summed E-state index contributed by atoms with van der Waals surface area (Å²) in [6.45, 7) is 3.57. The molecule has 1 fully saturated rings. The fourth-order valence-electron chi connectivity index (χ4n) is 2.50. The second kappa shape index (κ2) is 8.30. The lowest BCUT2D eigenvalue weighted by atomic mass is 10.3. The van der Waals surface area contributed by atoms with E-state index in [9.17, 15) is 14.4 Å². The molecule has 0 saturated carbocycles. The molecule has 8 nitrogen and oxygen atoms in total. The fourth-order valence-corrected chi connectivity index (χ4v) is 2.50. The van der Waals surface area contributed by atoms with E-state index < -0.39 is 0 Å². The van der Waals surface area contributed by atoms with Gasteiger partial charge in [0.25, 0.3) is 11.8 Å². The predicted octanol–water partition coefficient (Wildman–Crippen LogP) is -0.910. The molecule has 1 heterocycles. The van der Waals surface area contributed by atoms with Crippen LogP contribution in [0.15, 0.2) is 24.3 Å². The van der Waals surface area contributed by atoms with Gasteiger partial charge in [-0.15, -0.1) is 0 Å². The van der Waals surface area contributed by atoms with Crippen LogP contribution in [0.4, 0.5) is 10.5 Å². The van der Waals surface area contributed by atoms with Crippen molar-refractivity contribution in [2.24, 2.45) is 0 Å². The molecule has 8 heteroatoms. The summed E-state index contributed by atoms with van der Waals surface area (Å²) in [5.74, 6) is 0.0932. The average Bonchev–Trinajstić information content (AvgIpc) is 3.00. The summed E-state index contributed by atoms with van der Waals surface area (Å²) in [6.07, 6.45) is 0. The van der Waals surface area contributed by atoms with Crippen LogP contribution in [0.25, 0.3) is 0 Å². The molecule has 0 bridgehead atoms. The molecular formula is C16H23N4O4+. The van der Waals surface area contributed by atoms with Gasteiger partial charge in [0, 0.05) is 13.1 Å². The van der Waals surface area contributed by atoms with Crippen LogP contribution in [0.1, 0.15) is 6.92 Å². The number of para-hydroxylation sites is 2. The van der Waals surface area contributed by atoms with Gasteiger partial charge in [-0.2, -0.15) is 0 Å². The number of rotatable bonds is 7. The number of imide groups is 1. The highest BCUT2D eigenvalue weighted by molar-refractivity contribution is 5.96. The maximum atomic E-state index is 12.2. The molecule has 2 rings (SSSR count). The first-order valence-electron chi connectivity index (χ1n) is 7.89. The quantitative estimate of drug-likeness (QED) is 0.602. The molecule has 24 heavy (non-hydrogen) atoms. The van der Waals surface area contributed by atoms with Gasteiger partial charge in [0.2, 0.25) is 0 Å². The van der Waals surface area contributed by atoms with Crippen molar-refractivity contribution in [3.8, 4) is 5.75 Å². The van der Waals surface area contributed by atoms with E-state index >= 15 is 0 Å². The highest BCUT2D eigenvalue weighted by atomic mass is 16.5. The summed E-state index contributed by atoms with van der Waals surface area (Å²) in [7, 11) is 1.54. The Balaban J connectivity index is 1.90. The Morgan fingerprint density at radius 1 is 1.33 bits per heavy atom. The third kappa shape index (κ3) is 4.45. The maximum absolute atomic E-state index is 12.2. The molecule has 0 aliphatic carbocycles. The minimum atomic E-state index is -0.367. The number of anilines is 1. The first kappa shape index (κ1) is 17.7. The van der Waals surface area contributed by atoms with Crippen LogP contribution in [-0.4, -0.2) is 62.6 Å². The second-order valence-electron chi connectivity index (χ2n) is 5.48. The molecular weight excluding hydrogens is 312 g/mol. The first-order valence-corrected chi connectivity index (χ1v) is 7.89. The van der Waals surface area contributed by atoms with Crippen molar-refractivity contribution in [2.45, 2.75) is 6.92 Å². The molecule has 0 radical (unpaired) electrons. The van der Waals surface area contributed by atoms with Crippen LogP contribution in [0.2, 0.25) is 0 Å². The Morgan fingerprint density at radius 3 is 2.71 bits per heavy atom. The largest absolute Gasteiger partial charge is 0.495 e. The number of urea groups is 1. The highest BCUT2D eigenvalue weighted by Crippen LogP contribution is 2.22. The molecule has 0 spiro atoms. The van der Waals surface area contributed by atoms with Crippen molar-refractivity contribution in [3.63, 3.8) is 0 Å². The Kier molecular flexibility index (Phi) is 6.14. The number of likely N-dealkylation sites (N-methyl/N-ethyl adjacent to an activating group) is 1. The number of carbonyl (C=O) groups is 3. The molecule has 1 unspecified atom stereocenters. The summed E-state index contributed by atoms with van der Waals surface area (Å²) < 4.78 is 5.19. The van der Waals surface area contributed by atoms with E-state index in [0.29, 0.717) is 31.1 Å². The van der Waals surface area contributed by atoms with Crippen molar-refractivity contribution < 1.29 is 24.0 Å². The third-order valence-corrected chi connectivity index (χ3v) is 3.85. The SMILES string of the molecule is CC[NH+](CC(=O)Nc1ccccc1OC)CC(=O)N1CCNC1=O. The minimum absolute atomic E-state index is 0.100. The van der Waals surface area contributed by atoms with E-state index in [1.54, 1.807) is 18.2 Å². The van der Waals surface area contributed by atoms with Crippen LogP contribution >= 0.6 is 0 Å². The maximum Gasteiger partial charge on any atom is 0.324 e. The molecule has 3 N–H and O–H groups in total. The number of methoxy groups -OCH3 is 1. The van der Waals surface area contributed by atoms with E-state index in [4.69, 9.17) is 4.74 Å². The zero-order chi connectivity index (χ0) is 17.5. The second-order valence-corrected chi connectivity index (χ2v) is 5.48. The van der Waals surface area contributed by atoms with Crippen LogP contribution in [-0.2, 0) is 9.59 Å². The van der Waals surface area contributed by atoms with Crippen molar-refractivity contribution in [2.75, 3.05) is 45.2 Å². The Labute approximate surface area is 140 Å². The Bertz CT molecular complexity index is 620. The number of nitrogens with one attached hydrogen (secondary N) is 3. The fraction of sp³-hybridized carbons (Fsp3) is 0.438. The first-order chi connectivity index (χ1) is 11.5. The van der Waals surface area contributed by atoms with Crippen LogP contribution in [0, 0.1) is 0 Å². The number of nitrogens with zero attached hydrogens (tertiary/aromatic N) is 1. The lowest BCUT2D eigenvalue weighted by Crippen LogP contribution is -3.14. The van der Waals surface area contributed by atoms with E-state index in [2.05, 4.69) is 10.6 Å². The Hall–Kier alpha value is -2.61. The van der Waals surface area contributed by atoms with Crippen molar-refractivity contribution in [1.29, 1.82) is 0 Å². The normalized spacial score (nSPS) is 14.9. The molecule has 1 aliphatic heterocycles. The molecule has 1 aromatic carbocycles. The number of ether oxygens (including phenoxy) is 1. The van der Waals surface area contributed by atoms with Gasteiger partial charge in [-0.05, 0) is 19.1 Å². The van der Waals surface area contributed by atoms with Gasteiger partial charge in [0.05, 0.1) is 19.3 Å².